The highest BCUT2D eigenvalue weighted by Crippen LogP contribution is 2.16. The summed E-state index contributed by atoms with van der Waals surface area (Å²) in [5.41, 5.74) is 5.56. The zero-order valence-electron chi connectivity index (χ0n) is 7.10. The fourth-order valence-corrected chi connectivity index (χ4v) is 1.20. The zero-order chi connectivity index (χ0) is 10.0. The van der Waals surface area contributed by atoms with Gasteiger partial charge >= 0.3 is 0 Å². The highest BCUT2D eigenvalue weighted by Gasteiger charge is 2.11. The van der Waals surface area contributed by atoms with Gasteiger partial charge in [0.2, 0.25) is 0 Å². The Morgan fingerprint density at radius 3 is 2.62 bits per heavy atom. The molecule has 0 unspecified atom stereocenters. The van der Waals surface area contributed by atoms with E-state index in [9.17, 15) is 8.78 Å². The average Bonchev–Trinajstić information content (AvgIpc) is 2.05. The molecule has 1 aromatic carbocycles. The first-order chi connectivity index (χ1) is 6.02. The van der Waals surface area contributed by atoms with Gasteiger partial charge in [0.25, 0.3) is 0 Å². The van der Waals surface area contributed by atoms with Crippen LogP contribution < -0.4 is 5.73 Å². The summed E-state index contributed by atoms with van der Waals surface area (Å²) in [7, 11) is 0. The fourth-order valence-electron chi connectivity index (χ4n) is 1.05. The maximum atomic E-state index is 13.3. The second kappa shape index (κ2) is 3.79. The molecule has 70 valence electrons. The van der Waals surface area contributed by atoms with Crippen LogP contribution in [0.15, 0.2) is 12.1 Å². The van der Waals surface area contributed by atoms with Gasteiger partial charge in [-0.1, -0.05) is 18.3 Å². The van der Waals surface area contributed by atoms with E-state index >= 15 is 0 Å². The number of nitrogens with two attached hydrogens (primary N) is 1. The summed E-state index contributed by atoms with van der Waals surface area (Å²) in [6.07, 6.45) is -0.0331. The first kappa shape index (κ1) is 10.1. The number of hydrogen-bond acceptors (Lipinski definition) is 1. The van der Waals surface area contributed by atoms with Gasteiger partial charge in [-0.25, -0.2) is 8.78 Å². The van der Waals surface area contributed by atoms with Crippen molar-refractivity contribution in [3.05, 3.63) is 34.9 Å². The van der Waals surface area contributed by atoms with Gasteiger partial charge in [0.15, 0.2) is 0 Å². The monoisotopic (exact) mass is 201 g/mol. The van der Waals surface area contributed by atoms with Crippen LogP contribution in [-0.4, -0.2) is 4.99 Å². The molecule has 0 aliphatic rings. The Labute approximate surface area is 80.6 Å². The fraction of sp³-hybridized carbons (Fsp3) is 0.222. The molecule has 0 fully saturated rings. The second-order valence-corrected chi connectivity index (χ2v) is 3.32. The van der Waals surface area contributed by atoms with Gasteiger partial charge in [-0.2, -0.15) is 0 Å². The topological polar surface area (TPSA) is 26.0 Å². The van der Waals surface area contributed by atoms with Crippen LogP contribution in [0.2, 0.25) is 0 Å². The molecule has 1 nitrogen and oxygen atoms in total. The highest BCUT2D eigenvalue weighted by atomic mass is 32.1. The van der Waals surface area contributed by atoms with Crippen LogP contribution in [0.5, 0.6) is 0 Å². The van der Waals surface area contributed by atoms with Crippen LogP contribution in [0.1, 0.15) is 11.1 Å². The standard InChI is InChI=1S/C9H9F2NS/c1-5-2-3-7(10)6(9(5)11)4-8(12)13/h2-3H,4H2,1H3,(H2,12,13). The summed E-state index contributed by atoms with van der Waals surface area (Å²) in [6, 6.07) is 2.60. The number of benzene rings is 1. The van der Waals surface area contributed by atoms with Gasteiger partial charge in [0, 0.05) is 12.0 Å². The largest absolute Gasteiger partial charge is 0.393 e. The van der Waals surface area contributed by atoms with E-state index in [0.29, 0.717) is 5.56 Å². The van der Waals surface area contributed by atoms with Gasteiger partial charge in [0.05, 0.1) is 4.99 Å². The van der Waals surface area contributed by atoms with E-state index in [4.69, 9.17) is 5.73 Å². The van der Waals surface area contributed by atoms with Gasteiger partial charge in [-0.05, 0) is 18.6 Å². The van der Waals surface area contributed by atoms with Crippen molar-refractivity contribution in [1.29, 1.82) is 0 Å². The normalized spacial score (nSPS) is 10.1. The Morgan fingerprint density at radius 2 is 2.08 bits per heavy atom. The molecule has 2 N–H and O–H groups in total. The Bertz CT molecular complexity index is 350. The smallest absolute Gasteiger partial charge is 0.132 e. The number of thiocarbonyl (C=S) groups is 1. The van der Waals surface area contributed by atoms with Crippen molar-refractivity contribution in [2.24, 2.45) is 5.73 Å². The Hall–Kier alpha value is -1.03. The maximum absolute atomic E-state index is 13.3. The minimum absolute atomic E-state index is 0.0331. The summed E-state index contributed by atoms with van der Waals surface area (Å²) in [6.45, 7) is 1.57. The average molecular weight is 201 g/mol. The summed E-state index contributed by atoms with van der Waals surface area (Å²) < 4.78 is 26.3. The van der Waals surface area contributed by atoms with Crippen LogP contribution in [0.25, 0.3) is 0 Å². The van der Waals surface area contributed by atoms with E-state index in [1.165, 1.54) is 12.1 Å². The van der Waals surface area contributed by atoms with Crippen LogP contribution in [0.4, 0.5) is 8.78 Å². The van der Waals surface area contributed by atoms with Crippen molar-refractivity contribution in [2.45, 2.75) is 13.3 Å². The molecule has 0 atom stereocenters. The molecule has 0 aromatic heterocycles. The maximum Gasteiger partial charge on any atom is 0.132 e. The van der Waals surface area contributed by atoms with Crippen molar-refractivity contribution >= 4 is 17.2 Å². The molecule has 13 heavy (non-hydrogen) atoms. The molecule has 0 aliphatic heterocycles. The quantitative estimate of drug-likeness (QED) is 0.741. The van der Waals surface area contributed by atoms with Gasteiger partial charge in [-0.3, -0.25) is 0 Å². The highest BCUT2D eigenvalue weighted by molar-refractivity contribution is 7.80. The SMILES string of the molecule is Cc1ccc(F)c(CC(N)=S)c1F. The molecular formula is C9H9F2NS. The number of rotatable bonds is 2. The van der Waals surface area contributed by atoms with E-state index in [-0.39, 0.29) is 17.0 Å². The molecular weight excluding hydrogens is 192 g/mol. The van der Waals surface area contributed by atoms with Gasteiger partial charge in [-0.15, -0.1) is 0 Å². The molecule has 0 saturated carbocycles. The van der Waals surface area contributed by atoms with Gasteiger partial charge < -0.3 is 5.73 Å². The van der Waals surface area contributed by atoms with Crippen LogP contribution >= 0.6 is 12.2 Å². The summed E-state index contributed by atoms with van der Waals surface area (Å²) >= 11 is 4.58. The molecule has 0 heterocycles. The van der Waals surface area contributed by atoms with Crippen LogP contribution in [0.3, 0.4) is 0 Å². The lowest BCUT2D eigenvalue weighted by Gasteiger charge is -2.05. The van der Waals surface area contributed by atoms with Crippen molar-refractivity contribution in [3.8, 4) is 0 Å². The Morgan fingerprint density at radius 1 is 1.46 bits per heavy atom. The van der Waals surface area contributed by atoms with E-state index in [1.54, 1.807) is 6.92 Å². The minimum Gasteiger partial charge on any atom is -0.393 e. The van der Waals surface area contributed by atoms with E-state index in [1.807, 2.05) is 0 Å². The van der Waals surface area contributed by atoms with E-state index in [0.717, 1.165) is 0 Å². The summed E-state index contributed by atoms with van der Waals surface area (Å²) in [5.74, 6) is -1.16. The van der Waals surface area contributed by atoms with Crippen molar-refractivity contribution in [3.63, 3.8) is 0 Å². The minimum atomic E-state index is -0.601. The molecule has 0 spiro atoms. The summed E-state index contributed by atoms with van der Waals surface area (Å²) in [5, 5.41) is 0. The molecule has 0 bridgehead atoms. The first-order valence-electron chi connectivity index (χ1n) is 3.74. The first-order valence-corrected chi connectivity index (χ1v) is 4.15. The lowest BCUT2D eigenvalue weighted by Crippen LogP contribution is -2.14. The van der Waals surface area contributed by atoms with E-state index in [2.05, 4.69) is 12.2 Å². The predicted octanol–water partition coefficient (Wildman–Crippen LogP) is 2.10. The lowest BCUT2D eigenvalue weighted by molar-refractivity contribution is 0.558. The van der Waals surface area contributed by atoms with E-state index < -0.39 is 11.6 Å². The molecule has 0 radical (unpaired) electrons. The third-order valence-corrected chi connectivity index (χ3v) is 1.87. The zero-order valence-corrected chi connectivity index (χ0v) is 7.92. The summed E-state index contributed by atoms with van der Waals surface area (Å²) in [4.78, 5) is 0.0865. The third-order valence-electron chi connectivity index (χ3n) is 1.73. The Balaban J connectivity index is 3.17. The number of aryl methyl sites for hydroxylation is 1. The van der Waals surface area contributed by atoms with Gasteiger partial charge in [0.1, 0.15) is 11.6 Å². The second-order valence-electron chi connectivity index (χ2n) is 2.80. The molecule has 0 aliphatic carbocycles. The van der Waals surface area contributed by atoms with Crippen molar-refractivity contribution < 1.29 is 8.78 Å². The van der Waals surface area contributed by atoms with Crippen LogP contribution in [-0.2, 0) is 6.42 Å². The molecule has 4 heteroatoms. The lowest BCUT2D eigenvalue weighted by atomic mass is 10.1. The van der Waals surface area contributed by atoms with Crippen molar-refractivity contribution in [2.75, 3.05) is 0 Å². The van der Waals surface area contributed by atoms with Crippen molar-refractivity contribution in [1.82, 2.24) is 0 Å². The predicted molar refractivity (Wildman–Crippen MR) is 51.6 cm³/mol. The third kappa shape index (κ3) is 2.21. The van der Waals surface area contributed by atoms with Crippen LogP contribution in [0, 0.1) is 18.6 Å². The molecule has 1 aromatic rings. The number of halogens is 2. The number of hydrogen-bond donors (Lipinski definition) is 1. The molecule has 0 amide bonds. The molecule has 0 saturated heterocycles. The Kier molecular flexibility index (Phi) is 2.93. The molecule has 1 rings (SSSR count).